The van der Waals surface area contributed by atoms with Gasteiger partial charge < -0.3 is 10.1 Å². The lowest BCUT2D eigenvalue weighted by atomic mass is 9.93. The van der Waals surface area contributed by atoms with Crippen molar-refractivity contribution < 1.29 is 17.9 Å². The summed E-state index contributed by atoms with van der Waals surface area (Å²) in [6, 6.07) is 1.69. The van der Waals surface area contributed by atoms with E-state index in [4.69, 9.17) is 4.74 Å². The molecule has 0 aliphatic carbocycles. The van der Waals surface area contributed by atoms with Gasteiger partial charge in [0.05, 0.1) is 18.5 Å². The van der Waals surface area contributed by atoms with E-state index in [9.17, 15) is 13.2 Å². The van der Waals surface area contributed by atoms with Crippen LogP contribution in [0.25, 0.3) is 0 Å². The fourth-order valence-electron chi connectivity index (χ4n) is 3.60. The summed E-state index contributed by atoms with van der Waals surface area (Å²) in [7, 11) is -1.20. The fourth-order valence-corrected chi connectivity index (χ4v) is 4.42. The first-order chi connectivity index (χ1) is 11.9. The fraction of sp³-hybridized carbons (Fsp3) is 0.750. The van der Waals surface area contributed by atoms with Crippen LogP contribution in [0.1, 0.15) is 17.4 Å². The molecule has 0 saturated carbocycles. The van der Waals surface area contributed by atoms with Gasteiger partial charge in [0.2, 0.25) is 0 Å². The monoisotopic (exact) mass is 370 g/mol. The minimum Gasteiger partial charge on any atom is -0.376 e. The summed E-state index contributed by atoms with van der Waals surface area (Å²) < 4.78 is 30.8. The van der Waals surface area contributed by atoms with Crippen LogP contribution in [0.2, 0.25) is 0 Å². The van der Waals surface area contributed by atoms with Crippen LogP contribution in [-0.2, 0) is 21.6 Å². The maximum Gasteiger partial charge on any atom is 0.269 e. The predicted octanol–water partition coefficient (Wildman–Crippen LogP) is -0.469. The number of carbonyl (C=O) groups is 1. The molecule has 1 N–H and O–H groups in total. The number of ether oxygens (including phenoxy) is 1. The molecular weight excluding hydrogens is 344 g/mol. The van der Waals surface area contributed by atoms with E-state index in [1.165, 1.54) is 0 Å². The number of sulfone groups is 1. The van der Waals surface area contributed by atoms with Crippen LogP contribution in [0.3, 0.4) is 0 Å². The molecule has 3 atom stereocenters. The van der Waals surface area contributed by atoms with Crippen molar-refractivity contribution in [1.29, 1.82) is 0 Å². The smallest absolute Gasteiger partial charge is 0.269 e. The number of rotatable bonds is 7. The Hall–Kier alpha value is -1.45. The van der Waals surface area contributed by atoms with Gasteiger partial charge in [-0.3, -0.25) is 14.4 Å². The second kappa shape index (κ2) is 7.43. The van der Waals surface area contributed by atoms with Gasteiger partial charge in [0.1, 0.15) is 5.69 Å². The molecule has 2 fully saturated rings. The molecule has 1 aromatic rings. The molecule has 0 spiro atoms. The average Bonchev–Trinajstić information content (AvgIpc) is 3.26. The minimum atomic E-state index is -2.94. The average molecular weight is 370 g/mol. The molecule has 9 heteroatoms. The standard InChI is InChI=1S/C16H26N4O4S/c1-3-25(22,23)7-6-20-9-13-12(11-24-15(13)10-20)8-17-16(21)14-4-5-18-19(14)2/h4-5,12-13,15H,3,6-11H2,1-2H3,(H,17,21)/t12-,13+,15+/m1/s1. The highest BCUT2D eigenvalue weighted by Crippen LogP contribution is 2.33. The molecule has 2 aliphatic heterocycles. The highest BCUT2D eigenvalue weighted by atomic mass is 32.2. The van der Waals surface area contributed by atoms with Crippen molar-refractivity contribution in [2.24, 2.45) is 18.9 Å². The van der Waals surface area contributed by atoms with E-state index in [0.717, 1.165) is 13.1 Å². The number of aryl methyl sites for hydroxylation is 1. The van der Waals surface area contributed by atoms with Crippen molar-refractivity contribution in [3.8, 4) is 0 Å². The van der Waals surface area contributed by atoms with Crippen LogP contribution >= 0.6 is 0 Å². The first-order valence-corrected chi connectivity index (χ1v) is 10.5. The summed E-state index contributed by atoms with van der Waals surface area (Å²) in [5, 5.41) is 6.97. The zero-order chi connectivity index (χ0) is 18.0. The molecule has 1 amide bonds. The van der Waals surface area contributed by atoms with E-state index in [1.807, 2.05) is 0 Å². The van der Waals surface area contributed by atoms with Gasteiger partial charge in [-0.05, 0) is 6.07 Å². The highest BCUT2D eigenvalue weighted by molar-refractivity contribution is 7.91. The number of nitrogens with one attached hydrogen (secondary N) is 1. The predicted molar refractivity (Wildman–Crippen MR) is 93.0 cm³/mol. The van der Waals surface area contributed by atoms with E-state index < -0.39 is 9.84 Å². The van der Waals surface area contributed by atoms with Crippen LogP contribution in [0.5, 0.6) is 0 Å². The van der Waals surface area contributed by atoms with Gasteiger partial charge in [-0.2, -0.15) is 5.10 Å². The van der Waals surface area contributed by atoms with Gasteiger partial charge in [0.25, 0.3) is 5.91 Å². The normalized spacial score (nSPS) is 26.7. The van der Waals surface area contributed by atoms with Crippen molar-refractivity contribution in [3.63, 3.8) is 0 Å². The molecular formula is C16H26N4O4S. The molecule has 1 aromatic heterocycles. The molecule has 25 heavy (non-hydrogen) atoms. The molecule has 140 valence electrons. The summed E-state index contributed by atoms with van der Waals surface area (Å²) in [5.74, 6) is 0.857. The number of amides is 1. The van der Waals surface area contributed by atoms with Gasteiger partial charge >= 0.3 is 0 Å². The maximum absolute atomic E-state index is 12.2. The van der Waals surface area contributed by atoms with E-state index >= 15 is 0 Å². The zero-order valence-corrected chi connectivity index (χ0v) is 15.5. The molecule has 3 heterocycles. The summed E-state index contributed by atoms with van der Waals surface area (Å²) in [6.45, 7) is 5.04. The van der Waals surface area contributed by atoms with Gasteiger partial charge in [-0.1, -0.05) is 6.92 Å². The molecule has 0 bridgehead atoms. The second-order valence-electron chi connectivity index (χ2n) is 6.84. The van der Waals surface area contributed by atoms with Crippen molar-refractivity contribution >= 4 is 15.7 Å². The molecule has 0 aromatic carbocycles. The van der Waals surface area contributed by atoms with Crippen molar-refractivity contribution in [3.05, 3.63) is 18.0 Å². The number of nitrogens with zero attached hydrogens (tertiary/aromatic N) is 3. The summed E-state index contributed by atoms with van der Waals surface area (Å²) in [6.07, 6.45) is 1.74. The van der Waals surface area contributed by atoms with E-state index in [0.29, 0.717) is 31.3 Å². The second-order valence-corrected chi connectivity index (χ2v) is 9.31. The number of carbonyl (C=O) groups excluding carboxylic acids is 1. The number of fused-ring (bicyclic) bond motifs is 1. The van der Waals surface area contributed by atoms with Crippen LogP contribution in [0, 0.1) is 11.8 Å². The number of likely N-dealkylation sites (tertiary alicyclic amines) is 1. The van der Waals surface area contributed by atoms with Gasteiger partial charge in [-0.15, -0.1) is 0 Å². The Morgan fingerprint density at radius 1 is 1.44 bits per heavy atom. The number of aromatic nitrogens is 2. The van der Waals surface area contributed by atoms with Gasteiger partial charge in [-0.25, -0.2) is 8.42 Å². The van der Waals surface area contributed by atoms with Crippen LogP contribution in [0.4, 0.5) is 0 Å². The third-order valence-corrected chi connectivity index (χ3v) is 6.94. The maximum atomic E-state index is 12.2. The minimum absolute atomic E-state index is 0.132. The van der Waals surface area contributed by atoms with Crippen LogP contribution < -0.4 is 5.32 Å². The topological polar surface area (TPSA) is 93.5 Å². The Morgan fingerprint density at radius 2 is 2.24 bits per heavy atom. The Morgan fingerprint density at radius 3 is 2.92 bits per heavy atom. The van der Waals surface area contributed by atoms with Gasteiger partial charge in [0, 0.05) is 57.0 Å². The summed E-state index contributed by atoms with van der Waals surface area (Å²) >= 11 is 0. The molecule has 2 aliphatic rings. The van der Waals surface area contributed by atoms with Crippen LogP contribution in [-0.4, -0.2) is 79.4 Å². The SMILES string of the molecule is CCS(=O)(=O)CCN1C[C@H]2[C@H](CNC(=O)c3ccnn3C)CO[C@H]2C1. The van der Waals surface area contributed by atoms with Gasteiger partial charge in [0.15, 0.2) is 9.84 Å². The van der Waals surface area contributed by atoms with Crippen LogP contribution in [0.15, 0.2) is 12.3 Å². The Labute approximate surface area is 148 Å². The molecule has 8 nitrogen and oxygen atoms in total. The van der Waals surface area contributed by atoms with Crippen molar-refractivity contribution in [1.82, 2.24) is 20.0 Å². The highest BCUT2D eigenvalue weighted by Gasteiger charge is 2.43. The zero-order valence-electron chi connectivity index (χ0n) is 14.7. The van der Waals surface area contributed by atoms with E-state index in [-0.39, 0.29) is 29.4 Å². The molecule has 0 unspecified atom stereocenters. The quantitative estimate of drug-likeness (QED) is 0.698. The number of hydrogen-bond acceptors (Lipinski definition) is 6. The summed E-state index contributed by atoms with van der Waals surface area (Å²) in [5.41, 5.74) is 0.535. The van der Waals surface area contributed by atoms with E-state index in [1.54, 1.807) is 30.9 Å². The molecule has 0 radical (unpaired) electrons. The Balaban J connectivity index is 1.49. The first kappa shape index (κ1) is 18.3. The first-order valence-electron chi connectivity index (χ1n) is 8.70. The lowest BCUT2D eigenvalue weighted by molar-refractivity contribution is 0.0907. The van der Waals surface area contributed by atoms with E-state index in [2.05, 4.69) is 15.3 Å². The van der Waals surface area contributed by atoms with Crippen molar-refractivity contribution in [2.75, 3.05) is 44.3 Å². The lowest BCUT2D eigenvalue weighted by Crippen LogP contribution is -2.35. The Kier molecular flexibility index (Phi) is 5.45. The third kappa shape index (κ3) is 4.21. The largest absolute Gasteiger partial charge is 0.376 e. The molecule has 3 rings (SSSR count). The number of hydrogen-bond donors (Lipinski definition) is 1. The summed E-state index contributed by atoms with van der Waals surface area (Å²) in [4.78, 5) is 14.4. The van der Waals surface area contributed by atoms with Crippen molar-refractivity contribution in [2.45, 2.75) is 13.0 Å². The third-order valence-electron chi connectivity index (χ3n) is 5.25. The Bertz CT molecular complexity index is 717. The molecule has 2 saturated heterocycles. The lowest BCUT2D eigenvalue weighted by Gasteiger charge is -2.19.